The summed E-state index contributed by atoms with van der Waals surface area (Å²) in [4.78, 5) is 0. The lowest BCUT2D eigenvalue weighted by molar-refractivity contribution is 0.183. The molecule has 0 radical (unpaired) electrons. The lowest BCUT2D eigenvalue weighted by Gasteiger charge is -2.20. The van der Waals surface area contributed by atoms with E-state index < -0.39 is 0 Å². The van der Waals surface area contributed by atoms with Crippen LogP contribution >= 0.6 is 0 Å². The molecule has 0 aliphatic heterocycles. The fourth-order valence-electron chi connectivity index (χ4n) is 1.79. The number of nitrogens with one attached hydrogen (secondary N) is 1. The van der Waals surface area contributed by atoms with Crippen LogP contribution in [0.5, 0.6) is 5.75 Å². The Labute approximate surface area is 104 Å². The molecule has 1 rings (SSSR count). The number of hydrogen-bond acceptors (Lipinski definition) is 3. The predicted octanol–water partition coefficient (Wildman–Crippen LogP) is 2.77. The average Bonchev–Trinajstić information content (AvgIpc) is 2.36. The number of rotatable bonds is 7. The van der Waals surface area contributed by atoms with E-state index in [0.717, 1.165) is 18.8 Å². The molecular formula is C14H23NO2. The molecule has 96 valence electrons. The molecule has 0 aliphatic carbocycles. The first-order valence-electron chi connectivity index (χ1n) is 6.06. The summed E-state index contributed by atoms with van der Waals surface area (Å²) in [5, 5.41) is 3.55. The van der Waals surface area contributed by atoms with E-state index in [-0.39, 0.29) is 0 Å². The van der Waals surface area contributed by atoms with Gasteiger partial charge in [0, 0.05) is 25.8 Å². The number of hydrogen-bond donors (Lipinski definition) is 1. The highest BCUT2D eigenvalue weighted by Crippen LogP contribution is 2.17. The van der Waals surface area contributed by atoms with Gasteiger partial charge < -0.3 is 14.8 Å². The minimum absolute atomic E-state index is 0.341. The van der Waals surface area contributed by atoms with E-state index in [4.69, 9.17) is 9.47 Å². The van der Waals surface area contributed by atoms with E-state index >= 15 is 0 Å². The fourth-order valence-corrected chi connectivity index (χ4v) is 1.79. The Kier molecular flexibility index (Phi) is 6.01. The van der Waals surface area contributed by atoms with Crippen LogP contribution in [-0.2, 0) is 4.74 Å². The molecule has 3 nitrogen and oxygen atoms in total. The molecule has 0 aliphatic rings. The maximum atomic E-state index is 5.15. The summed E-state index contributed by atoms with van der Waals surface area (Å²) in [6.45, 7) is 5.15. The number of methoxy groups -OCH3 is 2. The Hall–Kier alpha value is -1.06. The highest BCUT2D eigenvalue weighted by Gasteiger charge is 2.09. The second kappa shape index (κ2) is 7.30. The molecule has 0 spiro atoms. The number of benzene rings is 1. The van der Waals surface area contributed by atoms with Crippen LogP contribution < -0.4 is 10.1 Å². The van der Waals surface area contributed by atoms with Crippen molar-refractivity contribution in [1.29, 1.82) is 0 Å². The van der Waals surface area contributed by atoms with E-state index in [9.17, 15) is 0 Å². The minimum Gasteiger partial charge on any atom is -0.497 e. The van der Waals surface area contributed by atoms with Gasteiger partial charge in [-0.15, -0.1) is 0 Å². The van der Waals surface area contributed by atoms with Crippen LogP contribution in [-0.4, -0.2) is 26.9 Å². The molecular weight excluding hydrogens is 214 g/mol. The van der Waals surface area contributed by atoms with E-state index in [1.165, 1.54) is 5.56 Å². The molecule has 0 bridgehead atoms. The van der Waals surface area contributed by atoms with Crippen LogP contribution in [0.4, 0.5) is 0 Å². The summed E-state index contributed by atoms with van der Waals surface area (Å²) in [7, 11) is 3.42. The third-order valence-corrected chi connectivity index (χ3v) is 2.91. The summed E-state index contributed by atoms with van der Waals surface area (Å²) < 4.78 is 10.2. The highest BCUT2D eigenvalue weighted by atomic mass is 16.5. The van der Waals surface area contributed by atoms with Crippen molar-refractivity contribution in [2.45, 2.75) is 32.4 Å². The normalized spacial score (nSPS) is 14.4. The van der Waals surface area contributed by atoms with E-state index in [0.29, 0.717) is 12.1 Å². The Morgan fingerprint density at radius 1 is 1.12 bits per heavy atom. The molecule has 0 amide bonds. The lowest BCUT2D eigenvalue weighted by Crippen LogP contribution is -2.29. The Morgan fingerprint density at radius 3 is 2.29 bits per heavy atom. The van der Waals surface area contributed by atoms with Gasteiger partial charge in [-0.2, -0.15) is 0 Å². The first kappa shape index (κ1) is 14.0. The average molecular weight is 237 g/mol. The number of ether oxygens (including phenoxy) is 2. The second-order valence-corrected chi connectivity index (χ2v) is 4.34. The van der Waals surface area contributed by atoms with Gasteiger partial charge in [-0.25, -0.2) is 0 Å². The smallest absolute Gasteiger partial charge is 0.118 e. The Bertz CT molecular complexity index is 311. The summed E-state index contributed by atoms with van der Waals surface area (Å²) >= 11 is 0. The molecule has 0 saturated carbocycles. The summed E-state index contributed by atoms with van der Waals surface area (Å²) in [6, 6.07) is 8.97. The SMILES string of the molecule is COCCC(C)N[C@H](C)c1ccc(OC)cc1. The van der Waals surface area contributed by atoms with E-state index in [1.54, 1.807) is 14.2 Å². The van der Waals surface area contributed by atoms with Crippen LogP contribution in [0.1, 0.15) is 31.9 Å². The first-order chi connectivity index (χ1) is 8.17. The van der Waals surface area contributed by atoms with Crippen molar-refractivity contribution in [2.24, 2.45) is 0 Å². The molecule has 2 atom stereocenters. The Balaban J connectivity index is 2.47. The lowest BCUT2D eigenvalue weighted by atomic mass is 10.1. The fraction of sp³-hybridized carbons (Fsp3) is 0.571. The van der Waals surface area contributed by atoms with Crippen molar-refractivity contribution >= 4 is 0 Å². The van der Waals surface area contributed by atoms with Crippen molar-refractivity contribution in [1.82, 2.24) is 5.32 Å². The van der Waals surface area contributed by atoms with Gasteiger partial charge in [0.2, 0.25) is 0 Å². The van der Waals surface area contributed by atoms with Crippen LogP contribution in [0.15, 0.2) is 24.3 Å². The van der Waals surface area contributed by atoms with Crippen molar-refractivity contribution < 1.29 is 9.47 Å². The molecule has 0 fully saturated rings. The van der Waals surface area contributed by atoms with Gasteiger partial charge in [0.1, 0.15) is 5.75 Å². The topological polar surface area (TPSA) is 30.5 Å². The molecule has 0 aromatic heterocycles. The van der Waals surface area contributed by atoms with Gasteiger partial charge in [0.05, 0.1) is 7.11 Å². The molecule has 17 heavy (non-hydrogen) atoms. The predicted molar refractivity (Wildman–Crippen MR) is 70.5 cm³/mol. The summed E-state index contributed by atoms with van der Waals surface area (Å²) in [5.41, 5.74) is 1.27. The van der Waals surface area contributed by atoms with Gasteiger partial charge >= 0.3 is 0 Å². The molecule has 1 aromatic carbocycles. The van der Waals surface area contributed by atoms with E-state index in [1.807, 2.05) is 12.1 Å². The van der Waals surface area contributed by atoms with Crippen molar-refractivity contribution in [3.05, 3.63) is 29.8 Å². The largest absolute Gasteiger partial charge is 0.497 e. The third kappa shape index (κ3) is 4.75. The molecule has 0 saturated heterocycles. The zero-order valence-corrected chi connectivity index (χ0v) is 11.2. The van der Waals surface area contributed by atoms with Crippen LogP contribution in [0, 0.1) is 0 Å². The second-order valence-electron chi connectivity index (χ2n) is 4.34. The molecule has 1 N–H and O–H groups in total. The standard InChI is InChI=1S/C14H23NO2/c1-11(9-10-16-3)15-12(2)13-5-7-14(17-4)8-6-13/h5-8,11-12,15H,9-10H2,1-4H3/t11?,12-/m1/s1. The zero-order chi connectivity index (χ0) is 12.7. The molecule has 1 unspecified atom stereocenters. The summed E-state index contributed by atoms with van der Waals surface area (Å²) in [6.07, 6.45) is 1.02. The third-order valence-electron chi connectivity index (χ3n) is 2.91. The molecule has 1 aromatic rings. The van der Waals surface area contributed by atoms with Crippen LogP contribution in [0.25, 0.3) is 0 Å². The van der Waals surface area contributed by atoms with Crippen molar-refractivity contribution in [3.63, 3.8) is 0 Å². The van der Waals surface area contributed by atoms with Gasteiger partial charge in [-0.3, -0.25) is 0 Å². The molecule has 0 heterocycles. The van der Waals surface area contributed by atoms with E-state index in [2.05, 4.69) is 31.3 Å². The monoisotopic (exact) mass is 237 g/mol. The summed E-state index contributed by atoms with van der Waals surface area (Å²) in [5.74, 6) is 0.897. The van der Waals surface area contributed by atoms with Gasteiger partial charge in [-0.05, 0) is 38.0 Å². The van der Waals surface area contributed by atoms with Crippen LogP contribution in [0.3, 0.4) is 0 Å². The van der Waals surface area contributed by atoms with Gasteiger partial charge in [0.25, 0.3) is 0 Å². The molecule has 3 heteroatoms. The quantitative estimate of drug-likeness (QED) is 0.791. The maximum absolute atomic E-state index is 5.15. The van der Waals surface area contributed by atoms with Crippen LogP contribution in [0.2, 0.25) is 0 Å². The van der Waals surface area contributed by atoms with Gasteiger partial charge in [-0.1, -0.05) is 12.1 Å². The minimum atomic E-state index is 0.341. The Morgan fingerprint density at radius 2 is 1.76 bits per heavy atom. The first-order valence-corrected chi connectivity index (χ1v) is 6.06. The zero-order valence-electron chi connectivity index (χ0n) is 11.2. The maximum Gasteiger partial charge on any atom is 0.118 e. The van der Waals surface area contributed by atoms with Gasteiger partial charge in [0.15, 0.2) is 0 Å². The van der Waals surface area contributed by atoms with Crippen molar-refractivity contribution in [2.75, 3.05) is 20.8 Å². The highest BCUT2D eigenvalue weighted by molar-refractivity contribution is 5.28. The van der Waals surface area contributed by atoms with Crippen molar-refractivity contribution in [3.8, 4) is 5.75 Å².